The highest BCUT2D eigenvalue weighted by Gasteiger charge is 2.28. The molecule has 0 saturated heterocycles. The fraction of sp³-hybridized carbons (Fsp3) is 0.867. The summed E-state index contributed by atoms with van der Waals surface area (Å²) < 4.78 is 17.1. The fourth-order valence-electron chi connectivity index (χ4n) is 1.94. The van der Waals surface area contributed by atoms with E-state index in [1.165, 1.54) is 12.8 Å². The molecule has 1 heterocycles. The van der Waals surface area contributed by atoms with Gasteiger partial charge in [-0.1, -0.05) is 33.6 Å². The third kappa shape index (κ3) is 5.40. The number of rotatable bonds is 9. The molecule has 3 nitrogen and oxygen atoms in total. The van der Waals surface area contributed by atoms with Crippen LogP contribution in [0.2, 0.25) is 0 Å². The second-order valence-electron chi connectivity index (χ2n) is 4.98. The lowest BCUT2D eigenvalue weighted by Crippen LogP contribution is -2.37. The minimum atomic E-state index is 0.124. The summed E-state index contributed by atoms with van der Waals surface area (Å²) in [5.41, 5.74) is 0. The average Bonchev–Trinajstić information content (AvgIpc) is 2.38. The minimum absolute atomic E-state index is 0.124. The standard InChI is InChI=1S/C15H28O3/c1-4-6-9-16-12-15-13(3)14(8-11-18-15)17-10-7-5-2/h8,11,13-15H,4-7,9-10,12H2,1-3H3/t13-,14?,15?/m0/s1. The molecular formula is C15H28O3. The molecule has 1 aliphatic heterocycles. The highest BCUT2D eigenvalue weighted by molar-refractivity contribution is 4.96. The fourth-order valence-corrected chi connectivity index (χ4v) is 1.94. The second kappa shape index (κ2) is 9.40. The van der Waals surface area contributed by atoms with E-state index in [1.54, 1.807) is 6.26 Å². The Labute approximate surface area is 111 Å². The highest BCUT2D eigenvalue weighted by Crippen LogP contribution is 2.22. The zero-order valence-electron chi connectivity index (χ0n) is 12.1. The molecule has 18 heavy (non-hydrogen) atoms. The van der Waals surface area contributed by atoms with Crippen LogP contribution < -0.4 is 0 Å². The lowest BCUT2D eigenvalue weighted by atomic mass is 9.96. The average molecular weight is 256 g/mol. The van der Waals surface area contributed by atoms with Crippen molar-refractivity contribution >= 4 is 0 Å². The van der Waals surface area contributed by atoms with Crippen LogP contribution in [0.3, 0.4) is 0 Å². The van der Waals surface area contributed by atoms with Gasteiger partial charge in [-0.05, 0) is 18.9 Å². The van der Waals surface area contributed by atoms with E-state index in [0.717, 1.165) is 26.1 Å². The van der Waals surface area contributed by atoms with Crippen molar-refractivity contribution in [3.63, 3.8) is 0 Å². The van der Waals surface area contributed by atoms with Gasteiger partial charge in [-0.2, -0.15) is 0 Å². The molecule has 1 aliphatic rings. The Hall–Kier alpha value is -0.540. The largest absolute Gasteiger partial charge is 0.495 e. The Morgan fingerprint density at radius 1 is 1.11 bits per heavy atom. The monoisotopic (exact) mass is 256 g/mol. The van der Waals surface area contributed by atoms with Crippen LogP contribution in [0.15, 0.2) is 12.3 Å². The molecule has 3 heteroatoms. The van der Waals surface area contributed by atoms with E-state index >= 15 is 0 Å². The zero-order chi connectivity index (χ0) is 13.2. The Bertz CT molecular complexity index is 228. The van der Waals surface area contributed by atoms with Gasteiger partial charge in [0.15, 0.2) is 0 Å². The summed E-state index contributed by atoms with van der Waals surface area (Å²) in [6, 6.07) is 0. The number of hydrogen-bond donors (Lipinski definition) is 0. The summed E-state index contributed by atoms with van der Waals surface area (Å²) in [7, 11) is 0. The maximum absolute atomic E-state index is 5.87. The van der Waals surface area contributed by atoms with Crippen molar-refractivity contribution in [2.24, 2.45) is 5.92 Å². The molecule has 0 radical (unpaired) electrons. The Balaban J connectivity index is 2.26. The van der Waals surface area contributed by atoms with Crippen LogP contribution in [0.25, 0.3) is 0 Å². The van der Waals surface area contributed by atoms with Gasteiger partial charge in [-0.3, -0.25) is 0 Å². The topological polar surface area (TPSA) is 27.7 Å². The molecule has 106 valence electrons. The summed E-state index contributed by atoms with van der Waals surface area (Å²) in [6.07, 6.45) is 8.66. The third-order valence-corrected chi connectivity index (χ3v) is 3.36. The van der Waals surface area contributed by atoms with Crippen molar-refractivity contribution in [3.8, 4) is 0 Å². The van der Waals surface area contributed by atoms with Crippen molar-refractivity contribution < 1.29 is 14.2 Å². The predicted molar refractivity (Wildman–Crippen MR) is 73.6 cm³/mol. The lowest BCUT2D eigenvalue weighted by Gasteiger charge is -2.32. The lowest BCUT2D eigenvalue weighted by molar-refractivity contribution is -0.0631. The minimum Gasteiger partial charge on any atom is -0.495 e. The van der Waals surface area contributed by atoms with Crippen LogP contribution in [0.4, 0.5) is 0 Å². The maximum Gasteiger partial charge on any atom is 0.126 e. The summed E-state index contributed by atoms with van der Waals surface area (Å²) in [4.78, 5) is 0. The van der Waals surface area contributed by atoms with Gasteiger partial charge in [-0.15, -0.1) is 0 Å². The molecule has 0 bridgehead atoms. The van der Waals surface area contributed by atoms with Gasteiger partial charge in [0, 0.05) is 19.1 Å². The van der Waals surface area contributed by atoms with Gasteiger partial charge in [0.2, 0.25) is 0 Å². The first-order valence-electron chi connectivity index (χ1n) is 7.31. The molecule has 0 aromatic rings. The predicted octanol–water partition coefficient (Wildman–Crippen LogP) is 3.54. The van der Waals surface area contributed by atoms with Gasteiger partial charge in [0.1, 0.15) is 6.10 Å². The first kappa shape index (κ1) is 15.5. The molecule has 0 aliphatic carbocycles. The van der Waals surface area contributed by atoms with Crippen molar-refractivity contribution in [1.82, 2.24) is 0 Å². The molecule has 0 aromatic heterocycles. The molecular weight excluding hydrogens is 228 g/mol. The van der Waals surface area contributed by atoms with Crippen molar-refractivity contribution in [2.75, 3.05) is 19.8 Å². The van der Waals surface area contributed by atoms with Crippen LogP contribution in [0.5, 0.6) is 0 Å². The van der Waals surface area contributed by atoms with Crippen LogP contribution in [0.1, 0.15) is 46.5 Å². The van der Waals surface area contributed by atoms with Crippen molar-refractivity contribution in [2.45, 2.75) is 58.7 Å². The molecule has 3 atom stereocenters. The van der Waals surface area contributed by atoms with E-state index in [0.29, 0.717) is 12.5 Å². The van der Waals surface area contributed by atoms with Crippen molar-refractivity contribution in [3.05, 3.63) is 12.3 Å². The zero-order valence-corrected chi connectivity index (χ0v) is 12.1. The molecule has 2 unspecified atom stereocenters. The van der Waals surface area contributed by atoms with E-state index < -0.39 is 0 Å². The normalized spacial score (nSPS) is 27.2. The first-order chi connectivity index (χ1) is 8.79. The molecule has 0 aromatic carbocycles. The third-order valence-electron chi connectivity index (χ3n) is 3.36. The van der Waals surface area contributed by atoms with Gasteiger partial charge in [0.05, 0.1) is 19.0 Å². The van der Waals surface area contributed by atoms with Crippen LogP contribution >= 0.6 is 0 Å². The summed E-state index contributed by atoms with van der Waals surface area (Å²) in [5, 5.41) is 0. The molecule has 0 amide bonds. The van der Waals surface area contributed by atoms with E-state index in [4.69, 9.17) is 14.2 Å². The molecule has 0 spiro atoms. The molecule has 1 rings (SSSR count). The van der Waals surface area contributed by atoms with Crippen molar-refractivity contribution in [1.29, 1.82) is 0 Å². The van der Waals surface area contributed by atoms with E-state index in [1.807, 2.05) is 6.08 Å². The number of unbranched alkanes of at least 4 members (excludes halogenated alkanes) is 2. The number of hydrogen-bond acceptors (Lipinski definition) is 3. The quantitative estimate of drug-likeness (QED) is 0.591. The van der Waals surface area contributed by atoms with Crippen LogP contribution in [-0.4, -0.2) is 32.0 Å². The van der Waals surface area contributed by atoms with Crippen LogP contribution in [0, 0.1) is 5.92 Å². The Kier molecular flexibility index (Phi) is 8.10. The SMILES string of the molecule is CCCCOCC1OC=CC(OCCCC)[C@@H]1C. The summed E-state index contributed by atoms with van der Waals surface area (Å²) in [5.74, 6) is 0.355. The summed E-state index contributed by atoms with van der Waals surface area (Å²) >= 11 is 0. The highest BCUT2D eigenvalue weighted by atomic mass is 16.5. The summed E-state index contributed by atoms with van der Waals surface area (Å²) in [6.45, 7) is 8.85. The number of ether oxygens (including phenoxy) is 3. The molecule has 0 fully saturated rings. The second-order valence-corrected chi connectivity index (χ2v) is 4.98. The molecule has 0 N–H and O–H groups in total. The Morgan fingerprint density at radius 2 is 1.83 bits per heavy atom. The van der Waals surface area contributed by atoms with Gasteiger partial charge < -0.3 is 14.2 Å². The van der Waals surface area contributed by atoms with E-state index in [-0.39, 0.29) is 12.2 Å². The van der Waals surface area contributed by atoms with Gasteiger partial charge in [0.25, 0.3) is 0 Å². The van der Waals surface area contributed by atoms with Crippen LogP contribution in [-0.2, 0) is 14.2 Å². The van der Waals surface area contributed by atoms with Gasteiger partial charge in [-0.25, -0.2) is 0 Å². The van der Waals surface area contributed by atoms with E-state index in [2.05, 4.69) is 20.8 Å². The van der Waals surface area contributed by atoms with Gasteiger partial charge >= 0.3 is 0 Å². The Morgan fingerprint density at radius 3 is 2.56 bits per heavy atom. The maximum atomic E-state index is 5.87. The smallest absolute Gasteiger partial charge is 0.126 e. The molecule has 0 saturated carbocycles. The van der Waals surface area contributed by atoms with E-state index in [9.17, 15) is 0 Å². The first-order valence-corrected chi connectivity index (χ1v) is 7.31.